The number of carbonyl (C=O) groups excluding carboxylic acids is 3. The normalized spacial score (nSPS) is 12.1. The van der Waals surface area contributed by atoms with E-state index >= 15 is 0 Å². The molecule has 0 aromatic heterocycles. The van der Waals surface area contributed by atoms with Crippen LogP contribution in [0.15, 0.2) is 78.9 Å². The van der Waals surface area contributed by atoms with E-state index in [1.165, 1.54) is 24.3 Å². The summed E-state index contributed by atoms with van der Waals surface area (Å²) in [5.74, 6) is -1.09. The van der Waals surface area contributed by atoms with Gasteiger partial charge in [-0.05, 0) is 47.9 Å². The molecule has 0 radical (unpaired) electrons. The highest BCUT2D eigenvalue weighted by molar-refractivity contribution is 5.90. The van der Waals surface area contributed by atoms with Gasteiger partial charge in [0.05, 0.1) is 6.61 Å². The second kappa shape index (κ2) is 13.5. The highest BCUT2D eigenvalue weighted by Crippen LogP contribution is 2.14. The molecule has 0 aliphatic rings. The number of hydrogen-bond donors (Lipinski definition) is 4. The van der Waals surface area contributed by atoms with Crippen LogP contribution in [0.25, 0.3) is 0 Å². The zero-order valence-corrected chi connectivity index (χ0v) is 20.4. The Hall–Kier alpha value is -4.53. The van der Waals surface area contributed by atoms with Crippen LogP contribution in [0.2, 0.25) is 0 Å². The maximum Gasteiger partial charge on any atom is 0.408 e. The molecule has 37 heavy (non-hydrogen) atoms. The molecule has 3 aromatic carbocycles. The highest BCUT2D eigenvalue weighted by Gasteiger charge is 2.28. The molecule has 9 nitrogen and oxygen atoms in total. The predicted molar refractivity (Wildman–Crippen MR) is 136 cm³/mol. The minimum absolute atomic E-state index is 0.0204. The Kier molecular flexibility index (Phi) is 9.90. The van der Waals surface area contributed by atoms with Crippen LogP contribution in [0, 0.1) is 0 Å². The summed E-state index contributed by atoms with van der Waals surface area (Å²) in [6.07, 6.45) is -0.592. The summed E-state index contributed by atoms with van der Waals surface area (Å²) in [6.45, 7) is 1.81. The molecule has 2 amide bonds. The number of phenols is 2. The Morgan fingerprint density at radius 1 is 0.703 bits per heavy atom. The summed E-state index contributed by atoms with van der Waals surface area (Å²) in [5.41, 5.74) is 2.16. The summed E-state index contributed by atoms with van der Waals surface area (Å²) in [5, 5.41) is 24.4. The van der Waals surface area contributed by atoms with Gasteiger partial charge in [-0.15, -0.1) is 0 Å². The third-order valence-corrected chi connectivity index (χ3v) is 5.46. The number of esters is 1. The minimum atomic E-state index is -1.08. The molecule has 3 rings (SSSR count). The van der Waals surface area contributed by atoms with Crippen molar-refractivity contribution in [3.8, 4) is 11.5 Å². The Morgan fingerprint density at radius 3 is 1.78 bits per heavy atom. The van der Waals surface area contributed by atoms with E-state index < -0.39 is 30.1 Å². The molecule has 9 heteroatoms. The zero-order valence-electron chi connectivity index (χ0n) is 20.4. The first-order chi connectivity index (χ1) is 17.8. The Bertz CT molecular complexity index is 1170. The van der Waals surface area contributed by atoms with Gasteiger partial charge < -0.3 is 30.3 Å². The zero-order chi connectivity index (χ0) is 26.6. The van der Waals surface area contributed by atoms with Crippen molar-refractivity contribution < 1.29 is 34.1 Å². The van der Waals surface area contributed by atoms with Crippen LogP contribution in [0.1, 0.15) is 23.6 Å². The van der Waals surface area contributed by atoms with Crippen molar-refractivity contribution in [2.45, 2.75) is 38.5 Å². The third kappa shape index (κ3) is 8.88. The summed E-state index contributed by atoms with van der Waals surface area (Å²) in [6, 6.07) is 19.5. The van der Waals surface area contributed by atoms with Crippen molar-refractivity contribution >= 4 is 18.0 Å². The van der Waals surface area contributed by atoms with Crippen LogP contribution in [-0.2, 0) is 38.5 Å². The fraction of sp³-hybridized carbons (Fsp3) is 0.250. The molecular weight excluding hydrogens is 476 g/mol. The average molecular weight is 507 g/mol. The Balaban J connectivity index is 1.74. The first-order valence-electron chi connectivity index (χ1n) is 11.8. The molecule has 0 aliphatic heterocycles. The molecule has 2 atom stereocenters. The van der Waals surface area contributed by atoms with E-state index in [0.717, 1.165) is 5.56 Å². The Morgan fingerprint density at radius 2 is 1.24 bits per heavy atom. The van der Waals surface area contributed by atoms with Gasteiger partial charge in [0.1, 0.15) is 30.2 Å². The lowest BCUT2D eigenvalue weighted by Gasteiger charge is -2.23. The second-order valence-corrected chi connectivity index (χ2v) is 8.31. The lowest BCUT2D eigenvalue weighted by molar-refractivity contribution is -0.147. The molecule has 3 aromatic rings. The lowest BCUT2D eigenvalue weighted by Crippen LogP contribution is -2.53. The number of hydrogen-bond acceptors (Lipinski definition) is 7. The van der Waals surface area contributed by atoms with Gasteiger partial charge in [0.15, 0.2) is 0 Å². The van der Waals surface area contributed by atoms with Crippen LogP contribution in [0.4, 0.5) is 4.79 Å². The van der Waals surface area contributed by atoms with Crippen molar-refractivity contribution in [3.05, 3.63) is 95.6 Å². The third-order valence-electron chi connectivity index (χ3n) is 5.46. The van der Waals surface area contributed by atoms with Crippen molar-refractivity contribution in [1.29, 1.82) is 0 Å². The number of rotatable bonds is 11. The molecule has 0 bridgehead atoms. The fourth-order valence-electron chi connectivity index (χ4n) is 3.56. The van der Waals surface area contributed by atoms with Gasteiger partial charge in [-0.2, -0.15) is 0 Å². The summed E-state index contributed by atoms with van der Waals surface area (Å²) in [4.78, 5) is 38.5. The van der Waals surface area contributed by atoms with Gasteiger partial charge in [0.2, 0.25) is 5.91 Å². The van der Waals surface area contributed by atoms with Gasteiger partial charge in [0.25, 0.3) is 0 Å². The van der Waals surface area contributed by atoms with Gasteiger partial charge in [0, 0.05) is 12.8 Å². The smallest absolute Gasteiger partial charge is 0.408 e. The number of alkyl carbamates (subject to hydrolysis) is 1. The number of aromatic hydroxyl groups is 2. The van der Waals surface area contributed by atoms with Crippen molar-refractivity contribution in [3.63, 3.8) is 0 Å². The molecule has 0 spiro atoms. The van der Waals surface area contributed by atoms with E-state index in [1.54, 1.807) is 43.3 Å². The maximum atomic E-state index is 13.3. The van der Waals surface area contributed by atoms with Crippen molar-refractivity contribution in [2.24, 2.45) is 0 Å². The van der Waals surface area contributed by atoms with Gasteiger partial charge in [-0.1, -0.05) is 54.6 Å². The number of carbonyl (C=O) groups is 3. The van der Waals surface area contributed by atoms with Crippen LogP contribution >= 0.6 is 0 Å². The molecule has 194 valence electrons. The van der Waals surface area contributed by atoms with Crippen molar-refractivity contribution in [1.82, 2.24) is 10.6 Å². The largest absolute Gasteiger partial charge is 0.508 e. The molecule has 0 saturated carbocycles. The van der Waals surface area contributed by atoms with Crippen LogP contribution in [0.5, 0.6) is 11.5 Å². The van der Waals surface area contributed by atoms with Gasteiger partial charge >= 0.3 is 12.1 Å². The summed E-state index contributed by atoms with van der Waals surface area (Å²) in [7, 11) is 0. The van der Waals surface area contributed by atoms with E-state index in [-0.39, 0.29) is 37.6 Å². The molecule has 0 unspecified atom stereocenters. The standard InChI is InChI=1S/C28H30N2O7/c1-2-36-27(34)25(17-20-10-14-23(32)15-11-20)29-26(33)24(16-19-8-12-22(31)13-9-19)30-28(35)37-18-21-6-4-3-5-7-21/h3-15,24-25,31-32H,2,16-18H2,1H3,(H,29,33)(H,30,35)/t24-,25-/m0/s1. The number of benzene rings is 3. The van der Waals surface area contributed by atoms with E-state index in [0.29, 0.717) is 11.1 Å². The van der Waals surface area contributed by atoms with E-state index in [4.69, 9.17) is 9.47 Å². The van der Waals surface area contributed by atoms with Crippen LogP contribution in [-0.4, -0.2) is 46.9 Å². The number of phenolic OH excluding ortho intramolecular Hbond substituents is 2. The minimum Gasteiger partial charge on any atom is -0.508 e. The topological polar surface area (TPSA) is 134 Å². The van der Waals surface area contributed by atoms with E-state index in [2.05, 4.69) is 10.6 Å². The molecule has 0 aliphatic carbocycles. The molecule has 0 heterocycles. The quantitative estimate of drug-likeness (QED) is 0.293. The number of amides is 2. The predicted octanol–water partition coefficient (Wildman–Crippen LogP) is 3.23. The van der Waals surface area contributed by atoms with Crippen LogP contribution < -0.4 is 10.6 Å². The first kappa shape index (κ1) is 27.1. The summed E-state index contributed by atoms with van der Waals surface area (Å²) < 4.78 is 10.4. The lowest BCUT2D eigenvalue weighted by atomic mass is 10.0. The van der Waals surface area contributed by atoms with E-state index in [1.807, 2.05) is 18.2 Å². The number of ether oxygens (including phenoxy) is 2. The van der Waals surface area contributed by atoms with Crippen LogP contribution in [0.3, 0.4) is 0 Å². The molecule has 4 N–H and O–H groups in total. The first-order valence-corrected chi connectivity index (χ1v) is 11.8. The molecule has 0 fully saturated rings. The fourth-order valence-corrected chi connectivity index (χ4v) is 3.56. The van der Waals surface area contributed by atoms with Gasteiger partial charge in [-0.3, -0.25) is 4.79 Å². The molecular formula is C28H30N2O7. The number of nitrogens with one attached hydrogen (secondary N) is 2. The summed E-state index contributed by atoms with van der Waals surface area (Å²) >= 11 is 0. The highest BCUT2D eigenvalue weighted by atomic mass is 16.5. The molecule has 0 saturated heterocycles. The van der Waals surface area contributed by atoms with Gasteiger partial charge in [-0.25, -0.2) is 9.59 Å². The maximum absolute atomic E-state index is 13.3. The second-order valence-electron chi connectivity index (χ2n) is 8.31. The average Bonchev–Trinajstić information content (AvgIpc) is 2.90. The monoisotopic (exact) mass is 506 g/mol. The SMILES string of the molecule is CCOC(=O)[C@H](Cc1ccc(O)cc1)NC(=O)[C@H](Cc1ccc(O)cc1)NC(=O)OCc1ccccc1. The van der Waals surface area contributed by atoms with E-state index in [9.17, 15) is 24.6 Å². The Labute approximate surface area is 215 Å². The van der Waals surface area contributed by atoms with Crippen molar-refractivity contribution in [2.75, 3.05) is 6.61 Å².